The van der Waals surface area contributed by atoms with Gasteiger partial charge in [-0.25, -0.2) is 0 Å². The van der Waals surface area contributed by atoms with Crippen LogP contribution < -0.4 is 10.6 Å². The van der Waals surface area contributed by atoms with Crippen molar-refractivity contribution in [3.05, 3.63) is 22.4 Å². The molecular formula is C14H26IN3O2S. The van der Waals surface area contributed by atoms with Gasteiger partial charge in [0.15, 0.2) is 5.96 Å². The smallest absolute Gasteiger partial charge is 0.191 e. The summed E-state index contributed by atoms with van der Waals surface area (Å²) in [5, 5.41) is 8.66. The predicted octanol–water partition coefficient (Wildman–Crippen LogP) is 2.30. The summed E-state index contributed by atoms with van der Waals surface area (Å²) < 4.78 is 10.3. The van der Waals surface area contributed by atoms with E-state index in [1.807, 2.05) is 0 Å². The highest BCUT2D eigenvalue weighted by Crippen LogP contribution is 2.19. The van der Waals surface area contributed by atoms with Crippen molar-refractivity contribution in [2.75, 3.05) is 47.1 Å². The fraction of sp³-hybridized carbons (Fsp3) is 0.643. The highest BCUT2D eigenvalue weighted by molar-refractivity contribution is 14.0. The number of aliphatic imine (C=N–C) groups is 1. The van der Waals surface area contributed by atoms with Gasteiger partial charge < -0.3 is 20.1 Å². The van der Waals surface area contributed by atoms with E-state index < -0.39 is 0 Å². The number of hydrogen-bond donors (Lipinski definition) is 2. The lowest BCUT2D eigenvalue weighted by Gasteiger charge is -2.15. The van der Waals surface area contributed by atoms with Crippen molar-refractivity contribution in [3.8, 4) is 0 Å². The van der Waals surface area contributed by atoms with Crippen LogP contribution in [-0.2, 0) is 9.47 Å². The molecule has 1 aromatic rings. The summed E-state index contributed by atoms with van der Waals surface area (Å²) in [7, 11) is 3.44. The molecule has 0 amide bonds. The van der Waals surface area contributed by atoms with Crippen LogP contribution in [0.5, 0.6) is 0 Å². The van der Waals surface area contributed by atoms with Crippen LogP contribution in [0.1, 0.15) is 17.7 Å². The zero-order valence-corrected chi connectivity index (χ0v) is 16.1. The molecule has 0 spiro atoms. The summed E-state index contributed by atoms with van der Waals surface area (Å²) in [5.41, 5.74) is 0. The number of nitrogens with one attached hydrogen (secondary N) is 2. The van der Waals surface area contributed by atoms with Gasteiger partial charge in [0.05, 0.1) is 19.8 Å². The first-order valence-electron chi connectivity index (χ1n) is 6.82. The molecule has 1 rings (SSSR count). The second-order valence-corrected chi connectivity index (χ2v) is 5.38. The van der Waals surface area contributed by atoms with Crippen LogP contribution in [0, 0.1) is 0 Å². The van der Waals surface area contributed by atoms with Crippen molar-refractivity contribution in [2.24, 2.45) is 4.99 Å². The van der Waals surface area contributed by atoms with Crippen LogP contribution in [0.3, 0.4) is 0 Å². The van der Waals surface area contributed by atoms with Crippen LogP contribution in [0.2, 0.25) is 0 Å². The molecule has 0 bridgehead atoms. The highest BCUT2D eigenvalue weighted by atomic mass is 127. The molecular weight excluding hydrogens is 401 g/mol. The number of ether oxygens (including phenoxy) is 2. The first-order valence-corrected chi connectivity index (χ1v) is 7.70. The Labute approximate surface area is 148 Å². The minimum Gasteiger partial charge on any atom is -0.382 e. The molecule has 1 atom stereocenters. The van der Waals surface area contributed by atoms with E-state index in [1.54, 1.807) is 25.5 Å². The lowest BCUT2D eigenvalue weighted by atomic mass is 10.1. The summed E-state index contributed by atoms with van der Waals surface area (Å²) in [6, 6.07) is 4.25. The Morgan fingerprint density at radius 1 is 1.33 bits per heavy atom. The Morgan fingerprint density at radius 3 is 2.76 bits per heavy atom. The van der Waals surface area contributed by atoms with Crippen molar-refractivity contribution in [3.63, 3.8) is 0 Å². The summed E-state index contributed by atoms with van der Waals surface area (Å²) in [4.78, 5) is 5.58. The third-order valence-corrected chi connectivity index (χ3v) is 3.90. The molecule has 122 valence electrons. The van der Waals surface area contributed by atoms with Crippen LogP contribution in [0.15, 0.2) is 22.5 Å². The van der Waals surface area contributed by atoms with E-state index in [2.05, 4.69) is 40.1 Å². The molecule has 0 aliphatic rings. The van der Waals surface area contributed by atoms with Crippen molar-refractivity contribution in [1.29, 1.82) is 0 Å². The average molecular weight is 427 g/mol. The molecule has 0 fully saturated rings. The molecule has 0 aliphatic carbocycles. The van der Waals surface area contributed by atoms with Gasteiger partial charge in [-0.05, 0) is 11.4 Å². The van der Waals surface area contributed by atoms with Gasteiger partial charge in [-0.2, -0.15) is 0 Å². The lowest BCUT2D eigenvalue weighted by Crippen LogP contribution is -2.40. The maximum atomic E-state index is 5.38. The zero-order chi connectivity index (χ0) is 14.6. The van der Waals surface area contributed by atoms with E-state index in [0.29, 0.717) is 25.7 Å². The van der Waals surface area contributed by atoms with Crippen molar-refractivity contribution < 1.29 is 9.47 Å². The first-order chi connectivity index (χ1) is 9.77. The number of thiophene rings is 1. The molecule has 2 N–H and O–H groups in total. The normalized spacial score (nSPS) is 12.6. The van der Waals surface area contributed by atoms with Gasteiger partial charge >= 0.3 is 0 Å². The number of nitrogens with zero attached hydrogens (tertiary/aromatic N) is 1. The van der Waals surface area contributed by atoms with Gasteiger partial charge in [-0.3, -0.25) is 4.99 Å². The topological polar surface area (TPSA) is 54.9 Å². The third-order valence-electron chi connectivity index (χ3n) is 2.80. The predicted molar refractivity (Wildman–Crippen MR) is 100 cm³/mol. The number of guanidine groups is 1. The van der Waals surface area contributed by atoms with Gasteiger partial charge in [0.1, 0.15) is 0 Å². The molecule has 1 heterocycles. The van der Waals surface area contributed by atoms with E-state index >= 15 is 0 Å². The first kappa shape index (κ1) is 20.6. The summed E-state index contributed by atoms with van der Waals surface area (Å²) >= 11 is 1.79. The average Bonchev–Trinajstić information content (AvgIpc) is 2.99. The van der Waals surface area contributed by atoms with E-state index in [-0.39, 0.29) is 24.0 Å². The minimum absolute atomic E-state index is 0. The molecule has 0 radical (unpaired) electrons. The molecule has 7 heteroatoms. The van der Waals surface area contributed by atoms with Crippen LogP contribution in [0.25, 0.3) is 0 Å². The molecule has 21 heavy (non-hydrogen) atoms. The number of rotatable bonds is 9. The van der Waals surface area contributed by atoms with Gasteiger partial charge in [-0.15, -0.1) is 35.3 Å². The minimum atomic E-state index is 0. The molecule has 5 nitrogen and oxygen atoms in total. The Balaban J connectivity index is 0.00000400. The molecule has 0 saturated carbocycles. The number of hydrogen-bond acceptors (Lipinski definition) is 4. The molecule has 0 saturated heterocycles. The van der Waals surface area contributed by atoms with E-state index in [0.717, 1.165) is 19.0 Å². The maximum Gasteiger partial charge on any atom is 0.191 e. The summed E-state index contributed by atoms with van der Waals surface area (Å²) in [5.74, 6) is 1.29. The largest absolute Gasteiger partial charge is 0.382 e. The van der Waals surface area contributed by atoms with Crippen LogP contribution >= 0.6 is 35.3 Å². The monoisotopic (exact) mass is 427 g/mol. The maximum absolute atomic E-state index is 5.38. The van der Waals surface area contributed by atoms with Gasteiger partial charge in [-0.1, -0.05) is 13.0 Å². The van der Waals surface area contributed by atoms with Crippen LogP contribution in [0.4, 0.5) is 0 Å². The Bertz CT molecular complexity index is 374. The van der Waals surface area contributed by atoms with E-state index in [4.69, 9.17) is 9.47 Å². The molecule has 1 aromatic heterocycles. The quantitative estimate of drug-likeness (QED) is 0.275. The lowest BCUT2D eigenvalue weighted by molar-refractivity contribution is 0.0733. The number of halogens is 1. The van der Waals surface area contributed by atoms with E-state index in [9.17, 15) is 0 Å². The molecule has 0 aliphatic heterocycles. The standard InChI is InChI=1S/C14H25N3O2S.HI/c1-12(13-5-4-10-20-13)11-17-14(15-2)16-6-7-19-9-8-18-3;/h4-5,10,12H,6-9,11H2,1-3H3,(H2,15,16,17);1H. The second-order valence-electron chi connectivity index (χ2n) is 4.40. The van der Waals surface area contributed by atoms with E-state index in [1.165, 1.54) is 4.88 Å². The SMILES string of the molecule is CN=C(NCCOCCOC)NCC(C)c1cccs1.I. The van der Waals surface area contributed by atoms with Crippen LogP contribution in [-0.4, -0.2) is 53.0 Å². The zero-order valence-electron chi connectivity index (χ0n) is 12.9. The summed E-state index contributed by atoms with van der Waals surface area (Å²) in [6.07, 6.45) is 0. The van der Waals surface area contributed by atoms with Gasteiger partial charge in [0.25, 0.3) is 0 Å². The third kappa shape index (κ3) is 9.28. The summed E-state index contributed by atoms with van der Waals surface area (Å²) in [6.45, 7) is 5.71. The second kappa shape index (κ2) is 13.3. The highest BCUT2D eigenvalue weighted by Gasteiger charge is 2.07. The van der Waals surface area contributed by atoms with Crippen molar-refractivity contribution in [1.82, 2.24) is 10.6 Å². The Morgan fingerprint density at radius 2 is 2.14 bits per heavy atom. The van der Waals surface area contributed by atoms with Crippen molar-refractivity contribution in [2.45, 2.75) is 12.8 Å². The Kier molecular flexibility index (Phi) is 13.1. The fourth-order valence-corrected chi connectivity index (χ4v) is 2.42. The van der Waals surface area contributed by atoms with Gasteiger partial charge in [0.2, 0.25) is 0 Å². The van der Waals surface area contributed by atoms with Gasteiger partial charge in [0, 0.05) is 38.0 Å². The Hall–Kier alpha value is -0.380. The molecule has 0 aromatic carbocycles. The van der Waals surface area contributed by atoms with Crippen molar-refractivity contribution >= 4 is 41.3 Å². The fourth-order valence-electron chi connectivity index (χ4n) is 1.63. The molecule has 1 unspecified atom stereocenters. The number of methoxy groups -OCH3 is 1.